The molecule has 0 aliphatic heterocycles. The summed E-state index contributed by atoms with van der Waals surface area (Å²) in [6, 6.07) is 7.82. The van der Waals surface area contributed by atoms with Gasteiger partial charge in [0.05, 0.1) is 16.7 Å². The first kappa shape index (κ1) is 30.5. The Morgan fingerprint density at radius 3 is 2.23 bits per heavy atom. The molecule has 0 heterocycles. The minimum Gasteiger partial charge on any atom is -0.476 e. The van der Waals surface area contributed by atoms with Gasteiger partial charge in [-0.15, -0.1) is 0 Å². The van der Waals surface area contributed by atoms with Gasteiger partial charge in [0.25, 0.3) is 5.91 Å². The molecule has 3 N–H and O–H groups in total. The number of ketones is 1. The number of ether oxygens (including phenoxy) is 1. The van der Waals surface area contributed by atoms with Gasteiger partial charge in [0, 0.05) is 18.5 Å². The van der Waals surface area contributed by atoms with E-state index in [0.717, 1.165) is 6.08 Å². The summed E-state index contributed by atoms with van der Waals surface area (Å²) in [7, 11) is 0. The Hall–Kier alpha value is -4.05. The third kappa shape index (κ3) is 8.47. The van der Waals surface area contributed by atoms with E-state index in [2.05, 4.69) is 17.4 Å². The third-order valence-corrected chi connectivity index (χ3v) is 5.96. The minimum absolute atomic E-state index is 0.0205. The van der Waals surface area contributed by atoms with Crippen molar-refractivity contribution in [3.8, 4) is 5.75 Å². The Kier molecular flexibility index (Phi) is 9.81. The highest BCUT2D eigenvalue weighted by Crippen LogP contribution is 2.37. The lowest BCUT2D eigenvalue weighted by Gasteiger charge is -2.17. The van der Waals surface area contributed by atoms with E-state index < -0.39 is 46.6 Å². The molecule has 1 aliphatic carbocycles. The van der Waals surface area contributed by atoms with E-state index in [-0.39, 0.29) is 48.8 Å². The molecule has 0 atom stereocenters. The van der Waals surface area contributed by atoms with Crippen LogP contribution in [0.5, 0.6) is 5.75 Å². The zero-order valence-corrected chi connectivity index (χ0v) is 20.9. The van der Waals surface area contributed by atoms with Crippen LogP contribution >= 0.6 is 0 Å². The van der Waals surface area contributed by atoms with Gasteiger partial charge in [-0.2, -0.15) is 26.3 Å². The molecule has 1 aliphatic rings. The SMILES string of the molecule is O=C(CCCCCNC(=O)COc1c#cc2c(c1)CC/C(=C\c1cc(C(F)(F)F)cc(C(F)(F)F)c1)C2=O)NO. The molecule has 2 amide bonds. The maximum Gasteiger partial charge on any atom is 0.416 e. The lowest BCUT2D eigenvalue weighted by Crippen LogP contribution is -2.29. The number of rotatable bonds is 10. The van der Waals surface area contributed by atoms with Gasteiger partial charge in [-0.1, -0.05) is 12.5 Å². The van der Waals surface area contributed by atoms with Crippen molar-refractivity contribution in [3.05, 3.63) is 69.8 Å². The normalized spacial score (nSPS) is 14.4. The number of allylic oxidation sites excluding steroid dienone is 1. The second-order valence-corrected chi connectivity index (χ2v) is 8.98. The number of amides is 2. The maximum absolute atomic E-state index is 13.2. The Balaban J connectivity index is 1.61. The predicted molar refractivity (Wildman–Crippen MR) is 128 cm³/mol. The van der Waals surface area contributed by atoms with Crippen molar-refractivity contribution < 1.29 is 50.7 Å². The lowest BCUT2D eigenvalue weighted by atomic mass is 9.86. The smallest absolute Gasteiger partial charge is 0.416 e. The molecule has 0 saturated carbocycles. The molecule has 13 heteroatoms. The number of aryl methyl sites for hydroxylation is 1. The first-order valence-corrected chi connectivity index (χ1v) is 12.1. The van der Waals surface area contributed by atoms with Crippen molar-refractivity contribution in [1.29, 1.82) is 0 Å². The van der Waals surface area contributed by atoms with Crippen LogP contribution in [-0.2, 0) is 28.4 Å². The van der Waals surface area contributed by atoms with Gasteiger partial charge >= 0.3 is 12.4 Å². The molecule has 2 aromatic carbocycles. The Morgan fingerprint density at radius 1 is 0.925 bits per heavy atom. The molecule has 0 radical (unpaired) electrons. The van der Waals surface area contributed by atoms with E-state index in [9.17, 15) is 40.7 Å². The minimum atomic E-state index is -5.01. The van der Waals surface area contributed by atoms with Crippen LogP contribution in [-0.4, -0.2) is 36.0 Å². The average molecular weight is 570 g/mol. The van der Waals surface area contributed by atoms with Crippen molar-refractivity contribution in [1.82, 2.24) is 10.8 Å². The number of Topliss-reactive ketones (excluding diaryl/α,β-unsaturated/α-hetero) is 1. The number of nitrogens with one attached hydrogen (secondary N) is 2. The summed E-state index contributed by atoms with van der Waals surface area (Å²) in [6.07, 6.45) is -6.73. The molecule has 214 valence electrons. The number of halogens is 6. The Bertz CT molecular complexity index is 1250. The van der Waals surface area contributed by atoms with Crippen LogP contribution in [0.1, 0.15) is 64.7 Å². The summed E-state index contributed by atoms with van der Waals surface area (Å²) in [6.45, 7) is 0.00908. The van der Waals surface area contributed by atoms with Crippen LogP contribution in [0.25, 0.3) is 6.08 Å². The molecule has 0 aromatic heterocycles. The van der Waals surface area contributed by atoms with E-state index in [4.69, 9.17) is 9.94 Å². The molecule has 2 aromatic rings. The Morgan fingerprint density at radius 2 is 1.60 bits per heavy atom. The third-order valence-electron chi connectivity index (χ3n) is 5.96. The van der Waals surface area contributed by atoms with Crippen LogP contribution in [0.4, 0.5) is 26.3 Å². The number of benzene rings is 1. The maximum atomic E-state index is 13.2. The predicted octanol–water partition coefficient (Wildman–Crippen LogP) is 5.10. The molecule has 0 unspecified atom stereocenters. The zero-order chi connectivity index (χ0) is 29.5. The fraction of sp³-hybridized carbons (Fsp3) is 0.370. The van der Waals surface area contributed by atoms with Crippen molar-refractivity contribution in [2.75, 3.05) is 13.2 Å². The number of unbranched alkanes of at least 4 members (excludes halogenated alkanes) is 2. The molecule has 0 fully saturated rings. The van der Waals surface area contributed by atoms with Crippen molar-refractivity contribution in [3.63, 3.8) is 0 Å². The number of hydroxylamine groups is 1. The topological polar surface area (TPSA) is 105 Å². The van der Waals surface area contributed by atoms with Gasteiger partial charge in [-0.25, -0.2) is 5.48 Å². The first-order valence-electron chi connectivity index (χ1n) is 12.1. The first-order chi connectivity index (χ1) is 18.8. The summed E-state index contributed by atoms with van der Waals surface area (Å²) < 4.78 is 84.3. The monoisotopic (exact) mass is 570 g/mol. The fourth-order valence-electron chi connectivity index (χ4n) is 3.96. The van der Waals surface area contributed by atoms with E-state index in [1.165, 1.54) is 11.5 Å². The second kappa shape index (κ2) is 12.9. The van der Waals surface area contributed by atoms with Crippen LogP contribution < -0.4 is 15.5 Å². The molecule has 0 saturated heterocycles. The highest BCUT2D eigenvalue weighted by Gasteiger charge is 2.37. The van der Waals surface area contributed by atoms with Crippen molar-refractivity contribution >= 4 is 23.7 Å². The van der Waals surface area contributed by atoms with Gasteiger partial charge in [0.15, 0.2) is 18.1 Å². The summed E-state index contributed by atoms with van der Waals surface area (Å²) in [5, 5.41) is 11.1. The molecular formula is C27H24F6N2O5. The number of fused-ring (bicyclic) bond motifs is 1. The van der Waals surface area contributed by atoms with Gasteiger partial charge < -0.3 is 10.1 Å². The van der Waals surface area contributed by atoms with Crippen LogP contribution in [0.2, 0.25) is 0 Å². The molecular weight excluding hydrogens is 546 g/mol. The number of carbonyl (C=O) groups excluding carboxylic acids is 3. The summed E-state index contributed by atoms with van der Waals surface area (Å²) >= 11 is 0. The quantitative estimate of drug-likeness (QED) is 0.121. The largest absolute Gasteiger partial charge is 0.476 e. The van der Waals surface area contributed by atoms with Crippen LogP contribution in [0, 0.1) is 12.1 Å². The van der Waals surface area contributed by atoms with Gasteiger partial charge in [-0.3, -0.25) is 19.6 Å². The summed E-state index contributed by atoms with van der Waals surface area (Å²) in [5.74, 6) is -1.37. The molecule has 7 nitrogen and oxygen atoms in total. The fourth-order valence-corrected chi connectivity index (χ4v) is 3.96. The second-order valence-electron chi connectivity index (χ2n) is 8.98. The van der Waals surface area contributed by atoms with Gasteiger partial charge in [-0.05, 0) is 73.2 Å². The zero-order valence-electron chi connectivity index (χ0n) is 20.9. The lowest BCUT2D eigenvalue weighted by molar-refractivity contribution is -0.143. The number of carbonyl (C=O) groups is 3. The van der Waals surface area contributed by atoms with Crippen LogP contribution in [0.3, 0.4) is 0 Å². The Labute approximate surface area is 225 Å². The average Bonchev–Trinajstić information content (AvgIpc) is 2.89. The van der Waals surface area contributed by atoms with Crippen LogP contribution in [0.15, 0.2) is 29.8 Å². The van der Waals surface area contributed by atoms with Gasteiger partial charge in [0.1, 0.15) is 0 Å². The summed E-state index contributed by atoms with van der Waals surface area (Å²) in [5.41, 5.74) is -1.25. The molecule has 0 bridgehead atoms. The standard InChI is InChI=1S/C27H24F6N2O5/c28-26(29,30)19-11-16(12-20(14-19)27(31,32)33)10-18-6-5-17-13-21(7-8-22(17)25(18)38)40-15-24(37)34-9-3-1-2-4-23(36)35-39/h10-14,39H,1-6,9,15H2,(H,34,37)(H,35,36)/b18-10+. The molecule has 40 heavy (non-hydrogen) atoms. The molecule has 0 spiro atoms. The van der Waals surface area contributed by atoms with Crippen molar-refractivity contribution in [2.45, 2.75) is 50.9 Å². The van der Waals surface area contributed by atoms with E-state index in [1.807, 2.05) is 0 Å². The van der Waals surface area contributed by atoms with E-state index in [1.54, 1.807) is 0 Å². The highest BCUT2D eigenvalue weighted by atomic mass is 19.4. The highest BCUT2D eigenvalue weighted by molar-refractivity contribution is 6.12. The summed E-state index contributed by atoms with van der Waals surface area (Å²) in [4.78, 5) is 35.8. The molecule has 3 rings (SSSR count). The number of alkyl halides is 6. The number of hydrogen-bond acceptors (Lipinski definition) is 5. The van der Waals surface area contributed by atoms with E-state index >= 15 is 0 Å². The number of hydrogen-bond donors (Lipinski definition) is 3. The van der Waals surface area contributed by atoms with Crippen molar-refractivity contribution in [2.24, 2.45) is 0 Å². The van der Waals surface area contributed by atoms with E-state index in [0.29, 0.717) is 43.5 Å². The van der Waals surface area contributed by atoms with Gasteiger partial charge in [0.2, 0.25) is 5.91 Å².